The van der Waals surface area contributed by atoms with E-state index < -0.39 is 217 Å². The SMILES string of the molecule is CCC[C@H]1C(=O)N[C@@H]([C@@H](C)CC)C(=O)N(C)CC(=O)N(C)[C@H]2C/C=C\CCN(C2=O)[C@@H](CC2CCC(C)CC2)C(=O)N(C)CC(=O)N[C@@H](CCC2CC(F)C(C(F)(F)F)C(F)C2)C(=O)N2C[C@H](OCC)C[C@H]2C(=O)NC2(CC(C)(C)C2)C(=O)N(C)[C@@H](C(CC)CC)C(=O)N(C)[C@H](C(=O)N(C)C)CC(=O)N1C. The van der Waals surface area contributed by atoms with Crippen LogP contribution in [-0.2, 0) is 62.3 Å². The van der Waals surface area contributed by atoms with E-state index in [0.717, 1.165) is 40.4 Å². The first kappa shape index (κ1) is 87.9. The first-order chi connectivity index (χ1) is 49.6. The molecule has 3 aliphatic carbocycles. The highest BCUT2D eigenvalue weighted by molar-refractivity contribution is 6.01. The number of carbonyl (C=O) groups is 12. The van der Waals surface area contributed by atoms with Gasteiger partial charge in [-0.15, -0.1) is 0 Å². The number of rotatable bonds is 15. The van der Waals surface area contributed by atoms with Crippen LogP contribution in [0.5, 0.6) is 0 Å². The van der Waals surface area contributed by atoms with Crippen molar-refractivity contribution >= 4 is 70.9 Å². The molecule has 0 aromatic carbocycles. The molecule has 1 spiro atoms. The monoisotopic (exact) mass is 1510 g/mol. The zero-order chi connectivity index (χ0) is 79.4. The Morgan fingerprint density at radius 1 is 0.660 bits per heavy atom. The Hall–Kier alpha value is -7.01. The van der Waals surface area contributed by atoms with Gasteiger partial charge in [-0.2, -0.15) is 13.2 Å². The number of nitrogens with zero attached hydrogens (tertiary/aromatic N) is 9. The molecule has 2 saturated heterocycles. The van der Waals surface area contributed by atoms with Crippen molar-refractivity contribution in [3.05, 3.63) is 12.2 Å². The smallest absolute Gasteiger partial charge is 0.377 e. The molecule has 6 aliphatic rings. The Morgan fingerprint density at radius 2 is 1.27 bits per heavy atom. The molecule has 3 N–H and O–H groups in total. The number of halogens is 5. The number of fused-ring (bicyclic) bond motifs is 3. The molecular formula is C76H123F5N12O13. The third-order valence-electron chi connectivity index (χ3n) is 23.6. The fourth-order valence-corrected chi connectivity index (χ4v) is 17.1. The minimum Gasteiger partial charge on any atom is -0.377 e. The molecule has 600 valence electrons. The number of carbonyl (C=O) groups excluding carboxylic acids is 12. The predicted molar refractivity (Wildman–Crippen MR) is 387 cm³/mol. The maximum Gasteiger partial charge on any atom is 0.397 e. The van der Waals surface area contributed by atoms with Gasteiger partial charge in [-0.25, -0.2) is 8.78 Å². The summed E-state index contributed by atoms with van der Waals surface area (Å²) in [5.74, 6) is -13.3. The highest BCUT2D eigenvalue weighted by atomic mass is 19.4. The second kappa shape index (κ2) is 37.9. The summed E-state index contributed by atoms with van der Waals surface area (Å²) in [6.45, 7) is 15.2. The molecule has 30 heteroatoms. The van der Waals surface area contributed by atoms with Gasteiger partial charge in [-0.05, 0) is 106 Å². The fraction of sp³-hybridized carbons (Fsp3) is 0.816. The Morgan fingerprint density at radius 3 is 1.83 bits per heavy atom. The Labute approximate surface area is 624 Å². The molecular weight excluding hydrogens is 1380 g/mol. The quantitative estimate of drug-likeness (QED) is 0.118. The lowest BCUT2D eigenvalue weighted by molar-refractivity contribution is -0.219. The second-order valence-corrected chi connectivity index (χ2v) is 32.4. The van der Waals surface area contributed by atoms with Gasteiger partial charge in [-0.1, -0.05) is 119 Å². The summed E-state index contributed by atoms with van der Waals surface area (Å²) < 4.78 is 79.1. The first-order valence-corrected chi connectivity index (χ1v) is 38.5. The van der Waals surface area contributed by atoms with Gasteiger partial charge in [0.25, 0.3) is 0 Å². The molecule has 0 aromatic rings. The number of nitrogens with one attached hydrogen (secondary N) is 3. The molecule has 25 nitrogen and oxygen atoms in total. The molecule has 6 rings (SSSR count). The van der Waals surface area contributed by atoms with Crippen LogP contribution in [0.25, 0.3) is 0 Å². The van der Waals surface area contributed by atoms with E-state index in [9.17, 15) is 41.9 Å². The number of likely N-dealkylation sites (N-methyl/N-ethyl adjacent to an activating group) is 7. The van der Waals surface area contributed by atoms with E-state index in [-0.39, 0.29) is 70.6 Å². The van der Waals surface area contributed by atoms with Crippen molar-refractivity contribution in [1.82, 2.24) is 60.0 Å². The highest BCUT2D eigenvalue weighted by Crippen LogP contribution is 2.50. The summed E-state index contributed by atoms with van der Waals surface area (Å²) in [5.41, 5.74) is -2.31. The Balaban J connectivity index is 1.49. The zero-order valence-electron chi connectivity index (χ0n) is 65.9. The Bertz CT molecular complexity index is 3130. The van der Waals surface area contributed by atoms with Crippen LogP contribution in [0, 0.1) is 40.9 Å². The van der Waals surface area contributed by atoms with Crippen LogP contribution >= 0.6 is 0 Å². The van der Waals surface area contributed by atoms with Crippen molar-refractivity contribution in [3.63, 3.8) is 0 Å². The zero-order valence-corrected chi connectivity index (χ0v) is 65.9. The van der Waals surface area contributed by atoms with E-state index in [1.165, 1.54) is 85.8 Å². The molecule has 106 heavy (non-hydrogen) atoms. The van der Waals surface area contributed by atoms with Gasteiger partial charge < -0.3 is 64.8 Å². The average Bonchev–Trinajstić information content (AvgIpc) is 0.913. The molecule has 12 atom stereocenters. The van der Waals surface area contributed by atoms with Crippen molar-refractivity contribution in [2.75, 3.05) is 89.2 Å². The summed E-state index contributed by atoms with van der Waals surface area (Å²) in [6.07, 6.45) is -5.25. The predicted octanol–water partition coefficient (Wildman–Crippen LogP) is 6.44. The third-order valence-corrected chi connectivity index (χ3v) is 23.6. The molecule has 2 unspecified atom stereocenters. The van der Waals surface area contributed by atoms with Gasteiger partial charge >= 0.3 is 6.18 Å². The lowest BCUT2D eigenvalue weighted by Gasteiger charge is -2.54. The standard InChI is InChI=1S/C76H123F5N12O13/c1-18-26-54-65(97)83-63(46(7)19-2)71(103)87(13)42-61(96)89(15)55-27-24-23-25-34-92(70(55)102)58(37-47-30-28-45(6)29-31-47)69(101)86(12)41-59(94)82-53(33-32-48-35-51(77)62(52(78)36-48)76(79,80)81)67(99)93-40-50(106-22-5)38-56(93)66(98)84-75(43-74(8,9)44-75)73(105)91(17)64(49(20-3)21-4)72(104)90(16)57(68(100)85(10)11)39-60(95)88(54)14/h23-24,45-58,62-64H,18-22,25-44H2,1-17H3,(H,82,94)(H,83,97)(H,84,98)/b24-23-/t45?,46-,47?,48?,50+,51?,52?,53-,54-,55-,56-,57-,58-,62?,63-,64-/m0/s1. The van der Waals surface area contributed by atoms with Crippen LogP contribution in [0.15, 0.2) is 12.2 Å². The van der Waals surface area contributed by atoms with Gasteiger partial charge in [0.1, 0.15) is 72.1 Å². The summed E-state index contributed by atoms with van der Waals surface area (Å²) in [4.78, 5) is 192. The number of hydrogen-bond acceptors (Lipinski definition) is 13. The maximum absolute atomic E-state index is 15.7. The highest BCUT2D eigenvalue weighted by Gasteiger charge is 2.60. The van der Waals surface area contributed by atoms with E-state index in [1.807, 2.05) is 40.7 Å². The molecule has 3 saturated carbocycles. The van der Waals surface area contributed by atoms with Crippen molar-refractivity contribution < 1.29 is 84.2 Å². The van der Waals surface area contributed by atoms with Gasteiger partial charge in [0.15, 0.2) is 0 Å². The number of ether oxygens (including phenoxy) is 1. The second-order valence-electron chi connectivity index (χ2n) is 32.4. The van der Waals surface area contributed by atoms with Crippen molar-refractivity contribution in [1.29, 1.82) is 0 Å². The van der Waals surface area contributed by atoms with E-state index in [1.54, 1.807) is 26.8 Å². The number of hydrogen-bond donors (Lipinski definition) is 3. The first-order valence-electron chi connectivity index (χ1n) is 38.5. The average molecular weight is 1510 g/mol. The Kier molecular flexibility index (Phi) is 31.4. The van der Waals surface area contributed by atoms with E-state index in [0.29, 0.717) is 38.0 Å². The number of alkyl halides is 5. The molecule has 2 bridgehead atoms. The summed E-state index contributed by atoms with van der Waals surface area (Å²) in [6, 6.07) is -10.7. The summed E-state index contributed by atoms with van der Waals surface area (Å²) >= 11 is 0. The number of amides is 12. The van der Waals surface area contributed by atoms with Crippen LogP contribution in [0.1, 0.15) is 191 Å². The lowest BCUT2D eigenvalue weighted by Crippen LogP contribution is -2.71. The third kappa shape index (κ3) is 21.3. The van der Waals surface area contributed by atoms with Gasteiger partial charge in [0.2, 0.25) is 70.9 Å². The van der Waals surface area contributed by atoms with E-state index in [4.69, 9.17) is 4.74 Å². The van der Waals surface area contributed by atoms with Crippen LogP contribution in [0.3, 0.4) is 0 Å². The molecule has 5 fully saturated rings. The van der Waals surface area contributed by atoms with Crippen molar-refractivity contribution in [3.8, 4) is 0 Å². The van der Waals surface area contributed by atoms with Crippen LogP contribution in [-0.4, -0.2) is 283 Å². The van der Waals surface area contributed by atoms with Gasteiger partial charge in [0.05, 0.1) is 25.6 Å². The topological polar surface area (TPSA) is 279 Å². The van der Waals surface area contributed by atoms with Gasteiger partial charge in [0, 0.05) is 82.5 Å². The fourth-order valence-electron chi connectivity index (χ4n) is 17.1. The molecule has 0 aromatic heterocycles. The minimum atomic E-state index is -5.18. The van der Waals surface area contributed by atoms with E-state index in [2.05, 4.69) is 22.9 Å². The van der Waals surface area contributed by atoms with Crippen LogP contribution in [0.2, 0.25) is 0 Å². The van der Waals surface area contributed by atoms with Gasteiger partial charge in [-0.3, -0.25) is 57.5 Å². The molecule has 3 aliphatic heterocycles. The molecule has 0 radical (unpaired) electrons. The van der Waals surface area contributed by atoms with Crippen LogP contribution in [0.4, 0.5) is 22.0 Å². The van der Waals surface area contributed by atoms with Crippen molar-refractivity contribution in [2.24, 2.45) is 40.9 Å². The maximum atomic E-state index is 15.7. The van der Waals surface area contributed by atoms with Crippen LogP contribution < -0.4 is 16.0 Å². The van der Waals surface area contributed by atoms with Crippen molar-refractivity contribution in [2.45, 2.75) is 269 Å². The summed E-state index contributed by atoms with van der Waals surface area (Å²) in [5, 5.41) is 8.61. The van der Waals surface area contributed by atoms with E-state index >= 15 is 37.5 Å². The lowest BCUT2D eigenvalue weighted by atomic mass is 9.58. The normalized spacial score (nSPS) is 31.8. The molecule has 12 amide bonds. The summed E-state index contributed by atoms with van der Waals surface area (Å²) in [7, 11) is 11.2. The largest absolute Gasteiger partial charge is 0.397 e. The minimum absolute atomic E-state index is 0.0117. The molecule has 3 heterocycles.